The van der Waals surface area contributed by atoms with Crippen LogP contribution < -0.4 is 0 Å². The van der Waals surface area contributed by atoms with E-state index in [2.05, 4.69) is 9.47 Å². The normalized spacial score (nSPS) is 12.8. The smallest absolute Gasteiger partial charge is 0.313 e. The van der Waals surface area contributed by atoms with Gasteiger partial charge in [-0.25, -0.2) is 0 Å². The van der Waals surface area contributed by atoms with E-state index in [0.29, 0.717) is 19.3 Å². The van der Waals surface area contributed by atoms with Gasteiger partial charge in [-0.2, -0.15) is 0 Å². The molecule has 1 fully saturated rings. The highest BCUT2D eigenvalue weighted by Crippen LogP contribution is 2.06. The Balaban J connectivity index is 0. The van der Waals surface area contributed by atoms with Crippen LogP contribution in [-0.2, 0) is 28.7 Å². The van der Waals surface area contributed by atoms with Crippen LogP contribution in [0, 0.1) is 0 Å². The summed E-state index contributed by atoms with van der Waals surface area (Å²) in [6.45, 7) is -0.476. The number of cyclic esters (lactones) is 2. The van der Waals surface area contributed by atoms with E-state index in [0.717, 1.165) is 0 Å². The molecule has 140 valence electrons. The second-order valence-electron chi connectivity index (χ2n) is 4.34. The highest BCUT2D eigenvalue weighted by molar-refractivity contribution is 5.87. The molecular weight excluding hydrogens is 328 g/mol. The molecule has 1 aliphatic heterocycles. The Hall–Kier alpha value is -2.04. The fourth-order valence-corrected chi connectivity index (χ4v) is 1.22. The first-order valence-corrected chi connectivity index (χ1v) is 7.30. The van der Waals surface area contributed by atoms with Crippen molar-refractivity contribution >= 4 is 23.9 Å². The van der Waals surface area contributed by atoms with Gasteiger partial charge in [-0.1, -0.05) is 0 Å². The van der Waals surface area contributed by atoms with Gasteiger partial charge in [-0.05, 0) is 12.8 Å². The van der Waals surface area contributed by atoms with Crippen LogP contribution >= 0.6 is 0 Å². The SMILES string of the molecule is O=C(O)CCCC(=O)OCCO.O=C1CCCC(=O)O1.OCCO. The molecule has 0 spiro atoms. The molecule has 10 heteroatoms. The van der Waals surface area contributed by atoms with Gasteiger partial charge in [0.25, 0.3) is 0 Å². The van der Waals surface area contributed by atoms with E-state index in [1.54, 1.807) is 0 Å². The molecule has 0 aromatic carbocycles. The fourth-order valence-electron chi connectivity index (χ4n) is 1.22. The number of carboxylic acids is 1. The van der Waals surface area contributed by atoms with Crippen LogP contribution in [0.2, 0.25) is 0 Å². The molecule has 1 heterocycles. The average molecular weight is 352 g/mol. The predicted octanol–water partition coefficient (Wildman–Crippen LogP) is -1.01. The molecule has 0 saturated carbocycles. The van der Waals surface area contributed by atoms with Gasteiger partial charge >= 0.3 is 23.9 Å². The van der Waals surface area contributed by atoms with Crippen LogP contribution in [0.1, 0.15) is 38.5 Å². The van der Waals surface area contributed by atoms with Crippen molar-refractivity contribution in [2.24, 2.45) is 0 Å². The van der Waals surface area contributed by atoms with Crippen LogP contribution in [0.4, 0.5) is 0 Å². The van der Waals surface area contributed by atoms with Crippen molar-refractivity contribution in [1.29, 1.82) is 0 Å². The van der Waals surface area contributed by atoms with Gasteiger partial charge in [-0.3, -0.25) is 19.2 Å². The van der Waals surface area contributed by atoms with Gasteiger partial charge in [0.15, 0.2) is 0 Å². The van der Waals surface area contributed by atoms with Crippen LogP contribution in [0.5, 0.6) is 0 Å². The average Bonchev–Trinajstić information content (AvgIpc) is 2.53. The summed E-state index contributed by atoms with van der Waals surface area (Å²) >= 11 is 0. The first-order valence-electron chi connectivity index (χ1n) is 7.30. The topological polar surface area (TPSA) is 168 Å². The number of aliphatic hydroxyl groups excluding tert-OH is 3. The number of ether oxygens (including phenoxy) is 2. The minimum absolute atomic E-state index is 0.0219. The van der Waals surface area contributed by atoms with Gasteiger partial charge in [0.1, 0.15) is 6.61 Å². The number of esters is 3. The molecule has 10 nitrogen and oxygen atoms in total. The van der Waals surface area contributed by atoms with Gasteiger partial charge in [0.2, 0.25) is 0 Å². The van der Waals surface area contributed by atoms with Crippen molar-refractivity contribution in [3.8, 4) is 0 Å². The van der Waals surface area contributed by atoms with Crippen LogP contribution in [0.25, 0.3) is 0 Å². The molecule has 1 rings (SSSR count). The quantitative estimate of drug-likeness (QED) is 0.329. The summed E-state index contributed by atoms with van der Waals surface area (Å²) in [6, 6.07) is 0. The molecule has 1 aliphatic rings. The number of hydrogen-bond acceptors (Lipinski definition) is 9. The Kier molecular flexibility index (Phi) is 17.5. The van der Waals surface area contributed by atoms with Crippen molar-refractivity contribution < 1.29 is 49.1 Å². The number of aliphatic hydroxyl groups is 3. The maximum absolute atomic E-state index is 10.7. The molecule has 0 unspecified atom stereocenters. The molecule has 1 saturated heterocycles. The van der Waals surface area contributed by atoms with Gasteiger partial charge in [-0.15, -0.1) is 0 Å². The molecule has 0 aliphatic carbocycles. The van der Waals surface area contributed by atoms with E-state index >= 15 is 0 Å². The predicted molar refractivity (Wildman–Crippen MR) is 78.7 cm³/mol. The van der Waals surface area contributed by atoms with Crippen LogP contribution in [-0.4, -0.2) is 70.7 Å². The second kappa shape index (κ2) is 17.3. The summed E-state index contributed by atoms with van der Waals surface area (Å²) in [5, 5.41) is 31.7. The number of aliphatic carboxylic acids is 1. The maximum Gasteiger partial charge on any atom is 0.313 e. The largest absolute Gasteiger partial charge is 0.481 e. The van der Waals surface area contributed by atoms with Crippen molar-refractivity contribution in [2.45, 2.75) is 38.5 Å². The zero-order valence-corrected chi connectivity index (χ0v) is 13.3. The monoisotopic (exact) mass is 352 g/mol. The molecule has 0 aromatic heterocycles. The van der Waals surface area contributed by atoms with E-state index in [4.69, 9.17) is 20.4 Å². The minimum Gasteiger partial charge on any atom is -0.481 e. The summed E-state index contributed by atoms with van der Waals surface area (Å²) in [7, 11) is 0. The highest BCUT2D eigenvalue weighted by atomic mass is 16.6. The summed E-state index contributed by atoms with van der Waals surface area (Å²) in [4.78, 5) is 41.1. The summed E-state index contributed by atoms with van der Waals surface area (Å²) in [5.74, 6) is -2.17. The van der Waals surface area contributed by atoms with E-state index < -0.39 is 11.9 Å². The zero-order valence-electron chi connectivity index (χ0n) is 13.3. The third-order valence-electron chi connectivity index (χ3n) is 2.22. The molecule has 0 amide bonds. The van der Waals surface area contributed by atoms with Crippen molar-refractivity contribution in [2.75, 3.05) is 26.4 Å². The lowest BCUT2D eigenvalue weighted by Crippen LogP contribution is -2.17. The summed E-state index contributed by atoms with van der Waals surface area (Å²) in [6.07, 6.45) is 1.77. The Bertz CT molecular complexity index is 364. The lowest BCUT2D eigenvalue weighted by molar-refractivity contribution is -0.163. The van der Waals surface area contributed by atoms with Crippen molar-refractivity contribution in [1.82, 2.24) is 0 Å². The standard InChI is InChI=1S/C7H12O5.C5H6O3.C2H6O2/c8-4-5-12-7(11)3-1-2-6(9)10;6-4-2-1-3-5(7)8-4;3-1-2-4/h8H,1-5H2,(H,9,10);1-3H2;3-4H,1-2H2. The Morgan fingerprint density at radius 1 is 0.958 bits per heavy atom. The Morgan fingerprint density at radius 3 is 1.83 bits per heavy atom. The number of carbonyl (C=O) groups excluding carboxylic acids is 3. The minimum atomic E-state index is -0.926. The molecule has 24 heavy (non-hydrogen) atoms. The molecule has 4 N–H and O–H groups in total. The van der Waals surface area contributed by atoms with Gasteiger partial charge in [0.05, 0.1) is 19.8 Å². The highest BCUT2D eigenvalue weighted by Gasteiger charge is 2.15. The van der Waals surface area contributed by atoms with Gasteiger partial charge in [0, 0.05) is 25.7 Å². The van der Waals surface area contributed by atoms with E-state index in [-0.39, 0.29) is 57.6 Å². The molecule has 0 aromatic rings. The zero-order chi connectivity index (χ0) is 18.8. The van der Waals surface area contributed by atoms with Crippen LogP contribution in [0.3, 0.4) is 0 Å². The Labute approximate surface area is 139 Å². The van der Waals surface area contributed by atoms with Crippen LogP contribution in [0.15, 0.2) is 0 Å². The fraction of sp³-hybridized carbons (Fsp3) is 0.714. The lowest BCUT2D eigenvalue weighted by Gasteiger charge is -2.06. The third-order valence-corrected chi connectivity index (χ3v) is 2.22. The molecule has 0 radical (unpaired) electrons. The number of carboxylic acid groups (broad SMARTS) is 1. The molecule has 0 atom stereocenters. The first-order chi connectivity index (χ1) is 11.4. The maximum atomic E-state index is 10.7. The summed E-state index contributed by atoms with van der Waals surface area (Å²) in [5.41, 5.74) is 0. The Morgan fingerprint density at radius 2 is 1.50 bits per heavy atom. The first kappa shape index (κ1) is 24.2. The molecule has 0 bridgehead atoms. The van der Waals surface area contributed by atoms with E-state index in [1.807, 2.05) is 0 Å². The van der Waals surface area contributed by atoms with Crippen molar-refractivity contribution in [3.05, 3.63) is 0 Å². The summed E-state index contributed by atoms with van der Waals surface area (Å²) < 4.78 is 8.70. The van der Waals surface area contributed by atoms with Gasteiger partial charge < -0.3 is 29.9 Å². The van der Waals surface area contributed by atoms with E-state index in [9.17, 15) is 19.2 Å². The number of hydrogen-bond donors (Lipinski definition) is 4. The number of carbonyl (C=O) groups is 4. The van der Waals surface area contributed by atoms with Crippen molar-refractivity contribution in [3.63, 3.8) is 0 Å². The third kappa shape index (κ3) is 20.0. The van der Waals surface area contributed by atoms with E-state index in [1.165, 1.54) is 0 Å². The second-order valence-corrected chi connectivity index (χ2v) is 4.34. The molecular formula is C14H24O10. The number of rotatable bonds is 7. The lowest BCUT2D eigenvalue weighted by atomic mass is 10.2.